The van der Waals surface area contributed by atoms with E-state index in [1.807, 2.05) is 13.8 Å². The Kier molecular flexibility index (Phi) is 13.6. The van der Waals surface area contributed by atoms with Crippen LogP contribution >= 0.6 is 0 Å². The van der Waals surface area contributed by atoms with E-state index < -0.39 is 65.9 Å². The molecule has 4 aromatic rings. The number of benzene rings is 2. The zero-order valence-electron chi connectivity index (χ0n) is 31.9. The summed E-state index contributed by atoms with van der Waals surface area (Å²) in [4.78, 5) is 78.1. The number of H-pyrrole nitrogens is 1. The van der Waals surface area contributed by atoms with Gasteiger partial charge in [-0.2, -0.15) is 4.98 Å². The van der Waals surface area contributed by atoms with Crippen LogP contribution in [0.1, 0.15) is 52.0 Å². The van der Waals surface area contributed by atoms with Crippen molar-refractivity contribution in [3.05, 3.63) is 88.5 Å². The molecule has 0 saturated carbocycles. The molecular weight excluding hydrogens is 732 g/mol. The number of aromatic amines is 1. The Morgan fingerprint density at radius 2 is 1.50 bits per heavy atom. The molecule has 1 aliphatic rings. The van der Waals surface area contributed by atoms with Crippen LogP contribution in [0.2, 0.25) is 0 Å². The van der Waals surface area contributed by atoms with Crippen LogP contribution in [0.25, 0.3) is 11.2 Å². The molecule has 0 bridgehead atoms. The number of rotatable bonds is 15. The van der Waals surface area contributed by atoms with Crippen LogP contribution in [0.15, 0.2) is 71.8 Å². The molecule has 2 aromatic carbocycles. The van der Waals surface area contributed by atoms with Gasteiger partial charge < -0.3 is 43.8 Å². The summed E-state index contributed by atoms with van der Waals surface area (Å²) in [6.07, 6.45) is -7.90. The highest BCUT2D eigenvalue weighted by Crippen LogP contribution is 2.36. The lowest BCUT2D eigenvalue weighted by Crippen LogP contribution is -2.53. The first-order valence-electron chi connectivity index (χ1n) is 17.9. The van der Waals surface area contributed by atoms with Gasteiger partial charge in [0.1, 0.15) is 13.2 Å². The minimum atomic E-state index is -1.77. The zero-order valence-corrected chi connectivity index (χ0v) is 31.9. The summed E-state index contributed by atoms with van der Waals surface area (Å²) in [5.74, 6) is -1.50. The zero-order chi connectivity index (χ0) is 40.4. The van der Waals surface area contributed by atoms with E-state index in [-0.39, 0.29) is 42.9 Å². The Labute approximate surface area is 322 Å². The molecule has 1 fully saturated rings. The van der Waals surface area contributed by atoms with Gasteiger partial charge in [-0.25, -0.2) is 19.4 Å². The van der Waals surface area contributed by atoms with Gasteiger partial charge in [0.15, 0.2) is 41.7 Å². The third-order valence-corrected chi connectivity index (χ3v) is 8.18. The van der Waals surface area contributed by atoms with Crippen molar-refractivity contribution in [3.63, 3.8) is 0 Å². The molecule has 1 amide bonds. The average Bonchev–Trinajstić information content (AvgIpc) is 3.75. The van der Waals surface area contributed by atoms with Gasteiger partial charge in [0.05, 0.1) is 25.6 Å². The first-order valence-corrected chi connectivity index (χ1v) is 17.9. The number of anilines is 1. The molecular formula is C38H46N6O12. The van der Waals surface area contributed by atoms with E-state index in [0.29, 0.717) is 17.7 Å². The quantitative estimate of drug-likeness (QED) is 0.115. The second-order valence-corrected chi connectivity index (χ2v) is 14.2. The molecule has 1 saturated heterocycles. The van der Waals surface area contributed by atoms with Gasteiger partial charge in [0.25, 0.3) is 11.5 Å². The van der Waals surface area contributed by atoms with Crippen molar-refractivity contribution in [3.8, 4) is 0 Å². The summed E-state index contributed by atoms with van der Waals surface area (Å²) in [7, 11) is 1.14. The van der Waals surface area contributed by atoms with Gasteiger partial charge in [0, 0.05) is 6.54 Å². The number of methoxy groups -OCH3 is 1. The van der Waals surface area contributed by atoms with Crippen LogP contribution < -0.4 is 16.2 Å². The summed E-state index contributed by atoms with van der Waals surface area (Å²) < 4.78 is 40.4. The Balaban J connectivity index is 1.53. The third kappa shape index (κ3) is 11.0. The van der Waals surface area contributed by atoms with Crippen LogP contribution in [0.4, 0.5) is 15.5 Å². The molecule has 5 atom stereocenters. The molecule has 2 aromatic heterocycles. The summed E-state index contributed by atoms with van der Waals surface area (Å²) in [5.41, 5.74) is -0.130. The predicted octanol–water partition coefficient (Wildman–Crippen LogP) is 4.00. The maximum atomic E-state index is 14.1. The Bertz CT molecular complexity index is 2010. The van der Waals surface area contributed by atoms with Crippen molar-refractivity contribution >= 4 is 41.3 Å². The van der Waals surface area contributed by atoms with Gasteiger partial charge in [-0.15, -0.1) is 0 Å². The fourth-order valence-electron chi connectivity index (χ4n) is 5.45. The van der Waals surface area contributed by atoms with Crippen molar-refractivity contribution in [2.45, 2.75) is 84.0 Å². The largest absolute Gasteiger partial charge is 0.509 e. The molecule has 0 radical (unpaired) electrons. The monoisotopic (exact) mass is 778 g/mol. The number of carbonyl (C=O) groups excluding carboxylic acids is 4. The number of hydrogen-bond donors (Lipinski definition) is 3. The number of esters is 1. The van der Waals surface area contributed by atoms with E-state index in [0.717, 1.165) is 7.11 Å². The lowest BCUT2D eigenvalue weighted by molar-refractivity contribution is -0.152. The minimum Gasteiger partial charge on any atom is -0.467 e. The Morgan fingerprint density at radius 3 is 2.05 bits per heavy atom. The molecule has 18 nitrogen and oxygen atoms in total. The van der Waals surface area contributed by atoms with Gasteiger partial charge in [0.2, 0.25) is 5.95 Å². The van der Waals surface area contributed by atoms with Crippen LogP contribution in [0.3, 0.4) is 0 Å². The molecule has 300 valence electrons. The maximum absolute atomic E-state index is 14.1. The number of nitrogens with zero attached hydrogens (tertiary/aromatic N) is 3. The molecule has 0 aliphatic carbocycles. The van der Waals surface area contributed by atoms with Gasteiger partial charge in [-0.05, 0) is 37.8 Å². The lowest BCUT2D eigenvalue weighted by atomic mass is 10.1. The third-order valence-electron chi connectivity index (χ3n) is 8.18. The fraction of sp³-hybridized carbons (Fsp3) is 0.447. The van der Waals surface area contributed by atoms with E-state index in [2.05, 4.69) is 25.6 Å². The van der Waals surface area contributed by atoms with Gasteiger partial charge in [-0.3, -0.25) is 19.1 Å². The van der Waals surface area contributed by atoms with Gasteiger partial charge >= 0.3 is 18.3 Å². The summed E-state index contributed by atoms with van der Waals surface area (Å²) in [6.45, 7) is 9.01. The average molecular weight is 779 g/mol. The van der Waals surface area contributed by atoms with Gasteiger partial charge in [-0.1, -0.05) is 74.5 Å². The van der Waals surface area contributed by atoms with E-state index in [1.165, 1.54) is 10.9 Å². The summed E-state index contributed by atoms with van der Waals surface area (Å²) in [6, 6.07) is 16.2. The highest BCUT2D eigenvalue weighted by Gasteiger charge is 2.55. The van der Waals surface area contributed by atoms with Crippen LogP contribution in [-0.2, 0) is 56.0 Å². The topological polar surface area (TPSA) is 221 Å². The Hall–Kier alpha value is -6.01. The van der Waals surface area contributed by atoms with Crippen molar-refractivity contribution < 1.29 is 52.3 Å². The number of aromatic nitrogens is 4. The molecule has 18 heteroatoms. The highest BCUT2D eigenvalue weighted by molar-refractivity contribution is 5.88. The molecule has 5 rings (SSSR count). The standard InChI is InChI=1S/C38H46N6O12/c1-22(2)17-39-35-42-30-26(31(45)43-35)40-21-44(30)33-29(56-37(49)52-19-24-15-11-8-12-16-24)27(55-36(48)51-18-23-13-9-7-10-14-23)28(54-33)32(46)41-25(34(47)50-6)20-53-38(3,4)5/h7-16,21-22,25,27-29,33H,17-20H2,1-6H3,(H,41,46)(H2,39,42,43,45)/t25-,27+,28-,29+,33+/m0/s1. The van der Waals surface area contributed by atoms with Crippen molar-refractivity contribution in [2.24, 2.45) is 5.92 Å². The van der Waals surface area contributed by atoms with Crippen molar-refractivity contribution in [1.82, 2.24) is 24.8 Å². The highest BCUT2D eigenvalue weighted by atomic mass is 16.8. The number of fused-ring (bicyclic) bond motifs is 1. The van der Waals surface area contributed by atoms with E-state index in [1.54, 1.807) is 81.4 Å². The molecule has 3 N–H and O–H groups in total. The smallest absolute Gasteiger partial charge is 0.467 e. The number of nitrogens with one attached hydrogen (secondary N) is 3. The summed E-state index contributed by atoms with van der Waals surface area (Å²) >= 11 is 0. The van der Waals surface area contributed by atoms with Crippen LogP contribution in [-0.4, -0.2) is 93.9 Å². The van der Waals surface area contributed by atoms with E-state index in [9.17, 15) is 24.0 Å². The van der Waals surface area contributed by atoms with Crippen molar-refractivity contribution in [2.75, 3.05) is 25.6 Å². The van der Waals surface area contributed by atoms with Crippen LogP contribution in [0, 0.1) is 5.92 Å². The SMILES string of the molecule is COC(=O)[C@H](COC(C)(C)C)NC(=O)[C@H]1O[C@@H](n2cnc3c(=O)[nH]c(NCC(C)C)nc32)[C@H](OC(=O)OCc2ccccc2)[C@@H]1OC(=O)OCc1ccccc1. The summed E-state index contributed by atoms with van der Waals surface area (Å²) in [5, 5.41) is 5.59. The number of carbonyl (C=O) groups is 4. The first-order chi connectivity index (χ1) is 26.7. The molecule has 0 spiro atoms. The normalized spacial score (nSPS) is 18.6. The minimum absolute atomic E-state index is 0.0197. The number of amides is 1. The lowest BCUT2D eigenvalue weighted by Gasteiger charge is -2.26. The molecule has 56 heavy (non-hydrogen) atoms. The fourth-order valence-corrected chi connectivity index (χ4v) is 5.45. The number of hydrogen-bond acceptors (Lipinski definition) is 15. The van der Waals surface area contributed by atoms with E-state index >= 15 is 0 Å². The second kappa shape index (κ2) is 18.5. The molecule has 3 heterocycles. The first kappa shape index (κ1) is 41.2. The maximum Gasteiger partial charge on any atom is 0.509 e. The Morgan fingerprint density at radius 1 is 0.911 bits per heavy atom. The van der Waals surface area contributed by atoms with E-state index in [4.69, 9.17) is 33.2 Å². The molecule has 1 aliphatic heterocycles. The van der Waals surface area contributed by atoms with Crippen molar-refractivity contribution in [1.29, 1.82) is 0 Å². The molecule has 0 unspecified atom stereocenters. The predicted molar refractivity (Wildman–Crippen MR) is 198 cm³/mol. The van der Waals surface area contributed by atoms with Crippen LogP contribution in [0.5, 0.6) is 0 Å². The number of ether oxygens (including phenoxy) is 7. The number of imidazole rings is 1. The second-order valence-electron chi connectivity index (χ2n) is 14.2.